The lowest BCUT2D eigenvalue weighted by Crippen LogP contribution is -2.57. The molecule has 1 spiro atoms. The number of likely N-dealkylation sites (tertiary alicyclic amines) is 1. The first-order valence-electron chi connectivity index (χ1n) is 13.6. The number of aliphatic hydroxyl groups excluding tert-OH is 1. The number of aliphatic hydroxyl groups is 1. The van der Waals surface area contributed by atoms with E-state index in [9.17, 15) is 19.5 Å². The molecular weight excluding hydrogens is 516 g/mol. The van der Waals surface area contributed by atoms with Crippen LogP contribution in [0, 0.1) is 11.8 Å². The second-order valence-electron chi connectivity index (χ2n) is 10.6. The van der Waals surface area contributed by atoms with E-state index < -0.39 is 41.5 Å². The standard InChI is InChI=1S/C28H32N6O6/c1-3-39-18-10-8-17(9-11-18)30-25(36)22-21-12-13-28(40-21)23(22)27(38)34(16(2)14-35)24(28)26(37)29-15-33-20-7-5-4-6-19(20)31-32-33/h4-11,16,21-24,35H,3,12-15H2,1-2H3,(H,29,37)(H,30,36)/t16-,21+,22-,23+,24?,28?/m1/s1. The van der Waals surface area contributed by atoms with Crippen LogP contribution in [0.25, 0.3) is 11.0 Å². The highest BCUT2D eigenvalue weighted by molar-refractivity contribution is 6.02. The first kappa shape index (κ1) is 26.2. The number of benzene rings is 2. The number of fused-ring (bicyclic) bond motifs is 2. The summed E-state index contributed by atoms with van der Waals surface area (Å²) in [7, 11) is 0. The summed E-state index contributed by atoms with van der Waals surface area (Å²) in [5, 5.41) is 24.0. The summed E-state index contributed by atoms with van der Waals surface area (Å²) in [4.78, 5) is 42.7. The maximum absolute atomic E-state index is 13.9. The minimum absolute atomic E-state index is 0.0389. The summed E-state index contributed by atoms with van der Waals surface area (Å²) in [6.07, 6.45) is 0.516. The van der Waals surface area contributed by atoms with Crippen molar-refractivity contribution >= 4 is 34.4 Å². The van der Waals surface area contributed by atoms with Gasteiger partial charge in [-0.1, -0.05) is 17.3 Å². The van der Waals surface area contributed by atoms with Gasteiger partial charge in [0, 0.05) is 5.69 Å². The van der Waals surface area contributed by atoms with Crippen LogP contribution in [0.4, 0.5) is 5.69 Å². The van der Waals surface area contributed by atoms with Crippen LogP contribution in [0.15, 0.2) is 48.5 Å². The second kappa shape index (κ2) is 10.2. The summed E-state index contributed by atoms with van der Waals surface area (Å²) in [6.45, 7) is 3.81. The van der Waals surface area contributed by atoms with E-state index in [2.05, 4.69) is 20.9 Å². The van der Waals surface area contributed by atoms with Crippen molar-refractivity contribution in [1.29, 1.82) is 0 Å². The molecule has 4 heterocycles. The molecule has 3 saturated heterocycles. The molecule has 3 fully saturated rings. The highest BCUT2D eigenvalue weighted by atomic mass is 16.5. The van der Waals surface area contributed by atoms with Crippen LogP contribution >= 0.6 is 0 Å². The molecular formula is C28H32N6O6. The van der Waals surface area contributed by atoms with Crippen molar-refractivity contribution in [3.05, 3.63) is 48.5 Å². The molecule has 0 aliphatic carbocycles. The number of aromatic nitrogens is 3. The SMILES string of the molecule is CCOc1ccc(NC(=O)[C@@H]2[C@@H]3CCC4(O3)C(C(=O)NCn3nnc5ccccc53)N([C@H](C)CO)C(=O)[C@H]24)cc1. The summed E-state index contributed by atoms with van der Waals surface area (Å²) < 4.78 is 13.5. The Kier molecular flexibility index (Phi) is 6.67. The van der Waals surface area contributed by atoms with Gasteiger partial charge in [0.15, 0.2) is 0 Å². The molecule has 3 aliphatic rings. The molecule has 0 radical (unpaired) electrons. The normalized spacial score (nSPS) is 27.6. The van der Waals surface area contributed by atoms with Crippen LogP contribution in [0.2, 0.25) is 0 Å². The third-order valence-corrected chi connectivity index (χ3v) is 8.28. The number of ether oxygens (including phenoxy) is 2. The van der Waals surface area contributed by atoms with Crippen molar-refractivity contribution in [2.75, 3.05) is 18.5 Å². The van der Waals surface area contributed by atoms with E-state index in [1.165, 1.54) is 4.90 Å². The van der Waals surface area contributed by atoms with Gasteiger partial charge in [0.2, 0.25) is 17.7 Å². The molecule has 2 bridgehead atoms. The molecule has 6 rings (SSSR count). The molecule has 0 saturated carbocycles. The van der Waals surface area contributed by atoms with Crippen LogP contribution < -0.4 is 15.4 Å². The molecule has 210 valence electrons. The Bertz CT molecular complexity index is 1440. The molecule has 2 unspecified atom stereocenters. The summed E-state index contributed by atoms with van der Waals surface area (Å²) in [6, 6.07) is 12.8. The molecule has 12 nitrogen and oxygen atoms in total. The molecule has 6 atom stereocenters. The molecule has 3 N–H and O–H groups in total. The fraction of sp³-hybridized carbons (Fsp3) is 0.464. The predicted molar refractivity (Wildman–Crippen MR) is 143 cm³/mol. The fourth-order valence-corrected chi connectivity index (χ4v) is 6.56. The van der Waals surface area contributed by atoms with Crippen molar-refractivity contribution in [3.8, 4) is 5.75 Å². The third-order valence-electron chi connectivity index (χ3n) is 8.28. The zero-order chi connectivity index (χ0) is 28.0. The highest BCUT2D eigenvalue weighted by Gasteiger charge is 2.74. The molecule has 1 aromatic heterocycles. The van der Waals surface area contributed by atoms with E-state index >= 15 is 0 Å². The average Bonchev–Trinajstić information content (AvgIpc) is 3.71. The molecule has 3 aromatic rings. The number of anilines is 1. The number of hydrogen-bond donors (Lipinski definition) is 3. The number of rotatable bonds is 9. The van der Waals surface area contributed by atoms with Crippen molar-refractivity contribution in [3.63, 3.8) is 0 Å². The maximum Gasteiger partial charge on any atom is 0.247 e. The first-order valence-corrected chi connectivity index (χ1v) is 13.6. The monoisotopic (exact) mass is 548 g/mol. The van der Waals surface area contributed by atoms with Gasteiger partial charge in [-0.2, -0.15) is 0 Å². The van der Waals surface area contributed by atoms with E-state index in [1.807, 2.05) is 31.2 Å². The van der Waals surface area contributed by atoms with E-state index in [4.69, 9.17) is 9.47 Å². The largest absolute Gasteiger partial charge is 0.494 e. The van der Waals surface area contributed by atoms with Gasteiger partial charge in [-0.25, -0.2) is 4.68 Å². The van der Waals surface area contributed by atoms with Gasteiger partial charge in [-0.05, 0) is 63.1 Å². The number of amides is 3. The van der Waals surface area contributed by atoms with Gasteiger partial charge in [-0.3, -0.25) is 14.4 Å². The van der Waals surface area contributed by atoms with Crippen LogP contribution in [0.5, 0.6) is 5.75 Å². The van der Waals surface area contributed by atoms with Crippen molar-refractivity contribution in [2.45, 2.75) is 57.1 Å². The minimum Gasteiger partial charge on any atom is -0.494 e. The molecule has 2 aromatic carbocycles. The summed E-state index contributed by atoms with van der Waals surface area (Å²) in [5.74, 6) is -2.04. The topological polar surface area (TPSA) is 148 Å². The molecule has 40 heavy (non-hydrogen) atoms. The van der Waals surface area contributed by atoms with E-state index in [-0.39, 0.29) is 25.1 Å². The molecule has 3 amide bonds. The second-order valence-corrected chi connectivity index (χ2v) is 10.6. The maximum atomic E-state index is 13.9. The van der Waals surface area contributed by atoms with Gasteiger partial charge >= 0.3 is 0 Å². The third kappa shape index (κ3) is 4.09. The molecule has 3 aliphatic heterocycles. The lowest BCUT2D eigenvalue weighted by molar-refractivity contribution is -0.144. The number of carbonyl (C=O) groups excluding carboxylic acids is 3. The van der Waals surface area contributed by atoms with Gasteiger partial charge in [-0.15, -0.1) is 5.10 Å². The van der Waals surface area contributed by atoms with Crippen molar-refractivity contribution in [1.82, 2.24) is 25.2 Å². The number of para-hydroxylation sites is 1. The Hall–Kier alpha value is -4.03. The zero-order valence-electron chi connectivity index (χ0n) is 22.3. The van der Waals surface area contributed by atoms with E-state index in [1.54, 1.807) is 35.9 Å². The van der Waals surface area contributed by atoms with Crippen LogP contribution in [-0.4, -0.2) is 79.7 Å². The van der Waals surface area contributed by atoms with E-state index in [0.29, 0.717) is 36.4 Å². The predicted octanol–water partition coefficient (Wildman–Crippen LogP) is 1.30. The smallest absolute Gasteiger partial charge is 0.247 e. The van der Waals surface area contributed by atoms with Gasteiger partial charge in [0.05, 0.1) is 42.7 Å². The fourth-order valence-electron chi connectivity index (χ4n) is 6.56. The Balaban J connectivity index is 1.25. The number of nitrogens with zero attached hydrogens (tertiary/aromatic N) is 4. The highest BCUT2D eigenvalue weighted by Crippen LogP contribution is 2.58. The summed E-state index contributed by atoms with van der Waals surface area (Å²) in [5.41, 5.74) is 0.860. The lowest BCUT2D eigenvalue weighted by atomic mass is 9.70. The van der Waals surface area contributed by atoms with Crippen LogP contribution in [-0.2, 0) is 25.8 Å². The molecule has 12 heteroatoms. The van der Waals surface area contributed by atoms with Crippen LogP contribution in [0.1, 0.15) is 26.7 Å². The van der Waals surface area contributed by atoms with Gasteiger partial charge in [0.25, 0.3) is 0 Å². The van der Waals surface area contributed by atoms with Crippen molar-refractivity contribution in [2.24, 2.45) is 11.8 Å². The number of hydrogen-bond acceptors (Lipinski definition) is 8. The van der Waals surface area contributed by atoms with Crippen LogP contribution in [0.3, 0.4) is 0 Å². The Labute approximate surface area is 230 Å². The Morgan fingerprint density at radius 3 is 2.73 bits per heavy atom. The minimum atomic E-state index is -1.17. The van der Waals surface area contributed by atoms with Gasteiger partial charge < -0.3 is 30.1 Å². The quantitative estimate of drug-likeness (QED) is 0.363. The number of carbonyl (C=O) groups is 3. The van der Waals surface area contributed by atoms with Crippen molar-refractivity contribution < 1.29 is 29.0 Å². The lowest BCUT2D eigenvalue weighted by Gasteiger charge is -2.35. The zero-order valence-corrected chi connectivity index (χ0v) is 22.3. The first-order chi connectivity index (χ1) is 19.4. The van der Waals surface area contributed by atoms with Gasteiger partial charge in [0.1, 0.15) is 29.6 Å². The Morgan fingerprint density at radius 2 is 1.98 bits per heavy atom. The average molecular weight is 549 g/mol. The summed E-state index contributed by atoms with van der Waals surface area (Å²) >= 11 is 0. The Morgan fingerprint density at radius 1 is 1.20 bits per heavy atom. The number of nitrogens with one attached hydrogen (secondary N) is 2. The van der Waals surface area contributed by atoms with E-state index in [0.717, 1.165) is 5.52 Å².